The van der Waals surface area contributed by atoms with Gasteiger partial charge in [0.2, 0.25) is 10.0 Å². The van der Waals surface area contributed by atoms with E-state index in [4.69, 9.17) is 11.6 Å². The van der Waals surface area contributed by atoms with E-state index >= 15 is 0 Å². The number of nitrogens with zero attached hydrogens (tertiary/aromatic N) is 3. The average molecular weight is 480 g/mol. The second-order valence-electron chi connectivity index (χ2n) is 7.39. The third-order valence-electron chi connectivity index (χ3n) is 4.66. The molecule has 1 fully saturated rings. The van der Waals surface area contributed by atoms with Crippen LogP contribution in [-0.2, 0) is 10.0 Å². The summed E-state index contributed by atoms with van der Waals surface area (Å²) in [5.41, 5.74) is 0.749. The molecule has 1 saturated heterocycles. The second kappa shape index (κ2) is 9.05. The van der Waals surface area contributed by atoms with Gasteiger partial charge in [-0.2, -0.15) is 18.3 Å². The van der Waals surface area contributed by atoms with Crippen LogP contribution in [0.1, 0.15) is 29.2 Å². The molecule has 2 aromatic rings. The Kier molecular flexibility index (Phi) is 6.82. The highest BCUT2D eigenvalue weighted by Gasteiger charge is 2.33. The van der Waals surface area contributed by atoms with E-state index in [0.29, 0.717) is 25.9 Å². The molecule has 1 aliphatic rings. The number of benzene rings is 1. The number of nitrogens with one attached hydrogen (secondary N) is 2. The van der Waals surface area contributed by atoms with Crippen LogP contribution in [0, 0.1) is 0 Å². The van der Waals surface area contributed by atoms with Gasteiger partial charge in [0.1, 0.15) is 0 Å². The third kappa shape index (κ3) is 7.11. The maximum Gasteiger partial charge on any atom is 0.401 e. The zero-order valence-corrected chi connectivity index (χ0v) is 18.1. The molecule has 0 unspecified atom stereocenters. The van der Waals surface area contributed by atoms with Gasteiger partial charge >= 0.3 is 6.18 Å². The molecule has 0 saturated carbocycles. The number of aromatic nitrogens is 2. The Hall–Kier alpha value is -2.31. The topological polar surface area (TPSA) is 96.3 Å². The van der Waals surface area contributed by atoms with Gasteiger partial charge in [0.15, 0.2) is 0 Å². The maximum atomic E-state index is 12.5. The fourth-order valence-electron chi connectivity index (χ4n) is 3.39. The van der Waals surface area contributed by atoms with E-state index in [1.54, 1.807) is 10.9 Å². The monoisotopic (exact) mass is 479 g/mol. The van der Waals surface area contributed by atoms with Crippen LogP contribution in [0.2, 0.25) is 5.02 Å². The standard InChI is InChI=1S/C18H21ClF3N5O3S/c1-31(29,30)25-15-7-13(19)6-14(8-15)24-17(28)12-9-23-27(10-12)16-2-4-26(5-3-16)11-18(20,21)22/h6-10,16,25H,2-5,11H2,1H3,(H,24,28). The summed E-state index contributed by atoms with van der Waals surface area (Å²) in [4.78, 5) is 13.9. The Morgan fingerprint density at radius 2 is 1.87 bits per heavy atom. The number of piperidine rings is 1. The predicted octanol–water partition coefficient (Wildman–Crippen LogP) is 3.36. The number of amides is 1. The molecule has 2 heterocycles. The van der Waals surface area contributed by atoms with Crippen LogP contribution in [0.4, 0.5) is 24.5 Å². The van der Waals surface area contributed by atoms with E-state index in [2.05, 4.69) is 15.1 Å². The summed E-state index contributed by atoms with van der Waals surface area (Å²) in [6, 6.07) is 4.20. The van der Waals surface area contributed by atoms with Crippen molar-refractivity contribution >= 4 is 38.9 Å². The van der Waals surface area contributed by atoms with Crippen LogP contribution in [0.15, 0.2) is 30.6 Å². The molecule has 1 aromatic carbocycles. The van der Waals surface area contributed by atoms with Gasteiger partial charge in [-0.15, -0.1) is 0 Å². The van der Waals surface area contributed by atoms with Gasteiger partial charge in [0.05, 0.1) is 36.3 Å². The number of alkyl halides is 3. The lowest BCUT2D eigenvalue weighted by Gasteiger charge is -2.32. The molecule has 1 aromatic heterocycles. The lowest BCUT2D eigenvalue weighted by Crippen LogP contribution is -2.40. The first kappa shape index (κ1) is 23.4. The zero-order chi connectivity index (χ0) is 22.8. The number of rotatable bonds is 6. The molecule has 2 N–H and O–H groups in total. The number of carbonyl (C=O) groups excluding carboxylic acids is 1. The number of halogens is 4. The van der Waals surface area contributed by atoms with E-state index in [9.17, 15) is 26.4 Å². The molecule has 3 rings (SSSR count). The van der Waals surface area contributed by atoms with Crippen LogP contribution in [-0.4, -0.2) is 61.1 Å². The van der Waals surface area contributed by atoms with E-state index in [1.807, 2.05) is 0 Å². The van der Waals surface area contributed by atoms with Gasteiger partial charge in [-0.25, -0.2) is 8.42 Å². The van der Waals surface area contributed by atoms with E-state index < -0.39 is 28.7 Å². The molecule has 8 nitrogen and oxygen atoms in total. The molecule has 1 amide bonds. The van der Waals surface area contributed by atoms with Crippen LogP contribution in [0.25, 0.3) is 0 Å². The molecular formula is C18H21ClF3N5O3S. The van der Waals surface area contributed by atoms with E-state index in [1.165, 1.54) is 29.3 Å². The lowest BCUT2D eigenvalue weighted by atomic mass is 10.1. The van der Waals surface area contributed by atoms with E-state index in [0.717, 1.165) is 6.26 Å². The summed E-state index contributed by atoms with van der Waals surface area (Å²) in [6.07, 6.45) is 0.674. The van der Waals surface area contributed by atoms with Crippen LogP contribution in [0.5, 0.6) is 0 Å². The Balaban J connectivity index is 1.62. The zero-order valence-electron chi connectivity index (χ0n) is 16.5. The number of carbonyl (C=O) groups is 1. The highest BCUT2D eigenvalue weighted by molar-refractivity contribution is 7.92. The van der Waals surface area contributed by atoms with Gasteiger partial charge in [-0.1, -0.05) is 11.6 Å². The maximum absolute atomic E-state index is 12.5. The molecule has 0 bridgehead atoms. The molecule has 0 spiro atoms. The second-order valence-corrected chi connectivity index (χ2v) is 9.57. The number of anilines is 2. The van der Waals surface area contributed by atoms with Gasteiger partial charge in [-0.05, 0) is 31.0 Å². The van der Waals surface area contributed by atoms with Crippen molar-refractivity contribution in [3.8, 4) is 0 Å². The predicted molar refractivity (Wildman–Crippen MR) is 111 cm³/mol. The number of hydrogen-bond donors (Lipinski definition) is 2. The highest BCUT2D eigenvalue weighted by atomic mass is 35.5. The summed E-state index contributed by atoms with van der Waals surface area (Å²) in [5, 5.41) is 7.04. The molecular weight excluding hydrogens is 459 g/mol. The summed E-state index contributed by atoms with van der Waals surface area (Å²) in [6.45, 7) is -0.337. The van der Waals surface area contributed by atoms with Crippen molar-refractivity contribution in [2.24, 2.45) is 0 Å². The van der Waals surface area contributed by atoms with Crippen LogP contribution < -0.4 is 10.0 Å². The molecule has 0 atom stereocenters. The quantitative estimate of drug-likeness (QED) is 0.662. The minimum atomic E-state index is -4.22. The van der Waals surface area contributed by atoms with Crippen molar-refractivity contribution in [3.63, 3.8) is 0 Å². The van der Waals surface area contributed by atoms with Crippen LogP contribution in [0.3, 0.4) is 0 Å². The molecule has 170 valence electrons. The Morgan fingerprint density at radius 3 is 2.48 bits per heavy atom. The molecule has 13 heteroatoms. The minimum absolute atomic E-state index is 0.0947. The fraction of sp³-hybridized carbons (Fsp3) is 0.444. The van der Waals surface area contributed by atoms with Gasteiger partial charge < -0.3 is 5.32 Å². The Labute approximate surface area is 182 Å². The van der Waals surface area contributed by atoms with Gasteiger partial charge in [-0.3, -0.25) is 19.1 Å². The van der Waals surface area contributed by atoms with Crippen molar-refractivity contribution in [1.29, 1.82) is 0 Å². The average Bonchev–Trinajstić information content (AvgIpc) is 3.09. The first-order chi connectivity index (χ1) is 14.4. The van der Waals surface area contributed by atoms with Gasteiger partial charge in [0.25, 0.3) is 5.91 Å². The third-order valence-corrected chi connectivity index (χ3v) is 5.48. The molecule has 31 heavy (non-hydrogen) atoms. The fourth-order valence-corrected chi connectivity index (χ4v) is 4.17. The minimum Gasteiger partial charge on any atom is -0.322 e. The number of likely N-dealkylation sites (tertiary alicyclic amines) is 1. The van der Waals surface area contributed by atoms with Crippen molar-refractivity contribution in [1.82, 2.24) is 14.7 Å². The van der Waals surface area contributed by atoms with E-state index in [-0.39, 0.29) is 28.0 Å². The first-order valence-electron chi connectivity index (χ1n) is 9.31. The highest BCUT2D eigenvalue weighted by Crippen LogP contribution is 2.26. The number of sulfonamides is 1. The van der Waals surface area contributed by atoms with Crippen molar-refractivity contribution < 1.29 is 26.4 Å². The summed E-state index contributed by atoms with van der Waals surface area (Å²) < 4.78 is 64.2. The summed E-state index contributed by atoms with van der Waals surface area (Å²) in [7, 11) is -3.52. The van der Waals surface area contributed by atoms with Crippen LogP contribution >= 0.6 is 11.6 Å². The largest absolute Gasteiger partial charge is 0.401 e. The smallest absolute Gasteiger partial charge is 0.322 e. The number of hydrogen-bond acceptors (Lipinski definition) is 5. The summed E-state index contributed by atoms with van der Waals surface area (Å²) >= 11 is 5.99. The van der Waals surface area contributed by atoms with Crippen molar-refractivity contribution in [3.05, 3.63) is 41.2 Å². The molecule has 1 aliphatic heterocycles. The van der Waals surface area contributed by atoms with Gasteiger partial charge in [0, 0.05) is 30.0 Å². The lowest BCUT2D eigenvalue weighted by molar-refractivity contribution is -0.148. The first-order valence-corrected chi connectivity index (χ1v) is 11.6. The Bertz CT molecular complexity index is 1050. The normalized spacial score (nSPS) is 16.3. The SMILES string of the molecule is CS(=O)(=O)Nc1cc(Cl)cc(NC(=O)c2cnn(C3CCN(CC(F)(F)F)CC3)c2)c1. The summed E-state index contributed by atoms with van der Waals surface area (Å²) in [5.74, 6) is -0.478. The Morgan fingerprint density at radius 1 is 1.23 bits per heavy atom. The van der Waals surface area contributed by atoms with Crippen molar-refractivity contribution in [2.45, 2.75) is 25.1 Å². The van der Waals surface area contributed by atoms with Crippen molar-refractivity contribution in [2.75, 3.05) is 35.9 Å². The molecule has 0 radical (unpaired) electrons. The molecule has 0 aliphatic carbocycles.